The zero-order valence-corrected chi connectivity index (χ0v) is 11.5. The molecule has 1 radical (unpaired) electrons. The predicted octanol–water partition coefficient (Wildman–Crippen LogP) is 0.838. The van der Waals surface area contributed by atoms with Crippen molar-refractivity contribution in [3.05, 3.63) is 12.7 Å². The van der Waals surface area contributed by atoms with Crippen LogP contribution in [0.15, 0.2) is 6.58 Å². The van der Waals surface area contributed by atoms with E-state index in [1.165, 1.54) is 14.2 Å². The van der Waals surface area contributed by atoms with E-state index in [2.05, 4.69) is 12.7 Å². The third kappa shape index (κ3) is 1.86. The van der Waals surface area contributed by atoms with Crippen molar-refractivity contribution in [3.63, 3.8) is 0 Å². The number of methoxy groups -OCH3 is 2. The summed E-state index contributed by atoms with van der Waals surface area (Å²) in [4.78, 5) is 23.6. The minimum absolute atomic E-state index is 0. The molecule has 0 aliphatic heterocycles. The van der Waals surface area contributed by atoms with Gasteiger partial charge < -0.3 is 15.5 Å². The molecule has 98 valence electrons. The Balaban J connectivity index is 0.00000144. The molecule has 2 unspecified atom stereocenters. The topological polar surface area (TPSA) is 52.6 Å². The second kappa shape index (κ2) is 4.55. The van der Waals surface area contributed by atoms with Gasteiger partial charge in [0, 0.05) is 0 Å². The van der Waals surface area contributed by atoms with E-state index in [-0.39, 0.29) is 25.8 Å². The number of carbonyl (C=O) groups excluding carboxylic acids is 2. The summed E-state index contributed by atoms with van der Waals surface area (Å²) in [5.41, 5.74) is -1.29. The zero-order valence-electron chi connectivity index (χ0n) is 9.87. The molecule has 0 heterocycles. The van der Waals surface area contributed by atoms with Gasteiger partial charge in [-0.2, -0.15) is 5.41 Å². The third-order valence-corrected chi connectivity index (χ3v) is 3.95. The summed E-state index contributed by atoms with van der Waals surface area (Å²) >= 11 is 0. The van der Waals surface area contributed by atoms with Gasteiger partial charge >= 0.3 is 32.4 Å². The Bertz CT molecular complexity index is 350. The average molecular weight is 331 g/mol. The van der Waals surface area contributed by atoms with Gasteiger partial charge in [0.2, 0.25) is 0 Å². The molecule has 5 heteroatoms. The molecule has 0 aromatic carbocycles. The van der Waals surface area contributed by atoms with Crippen LogP contribution >= 0.6 is 0 Å². The van der Waals surface area contributed by atoms with Crippen molar-refractivity contribution < 1.29 is 39.5 Å². The van der Waals surface area contributed by atoms with Gasteiger partial charge in [-0.3, -0.25) is 16.2 Å². The van der Waals surface area contributed by atoms with E-state index in [0.717, 1.165) is 6.42 Å². The summed E-state index contributed by atoms with van der Waals surface area (Å²) in [6.45, 7) is 3.66. The Kier molecular flexibility index (Phi) is 3.85. The average Bonchev–Trinajstić information content (AvgIpc) is 2.89. The van der Waals surface area contributed by atoms with Crippen molar-refractivity contribution >= 4 is 11.9 Å². The molecule has 4 nitrogen and oxygen atoms in total. The quantitative estimate of drug-likeness (QED) is 0.333. The Morgan fingerprint density at radius 3 is 2.12 bits per heavy atom. The molecule has 0 spiro atoms. The molecule has 0 saturated heterocycles. The van der Waals surface area contributed by atoms with Gasteiger partial charge in [-0.05, 0) is 12.8 Å². The molecule has 0 N–H and O–H groups in total. The fourth-order valence-corrected chi connectivity index (χ4v) is 2.96. The van der Waals surface area contributed by atoms with E-state index in [4.69, 9.17) is 9.47 Å². The van der Waals surface area contributed by atoms with Crippen LogP contribution in [-0.4, -0.2) is 26.2 Å². The van der Waals surface area contributed by atoms with Crippen LogP contribution in [0.25, 0.3) is 0 Å². The monoisotopic (exact) mass is 330 g/mol. The van der Waals surface area contributed by atoms with E-state index in [1.54, 1.807) is 0 Å². The number of fused-ring (bicyclic) bond motifs is 1. The molecule has 2 aliphatic rings. The number of ether oxygens (including phenoxy) is 2. The first-order valence-corrected chi connectivity index (χ1v) is 5.26. The van der Waals surface area contributed by atoms with Crippen molar-refractivity contribution in [2.45, 2.75) is 19.3 Å². The van der Waals surface area contributed by atoms with Crippen molar-refractivity contribution in [1.82, 2.24) is 0 Å². The summed E-state index contributed by atoms with van der Waals surface area (Å²) in [5.74, 6) is -0.675. The van der Waals surface area contributed by atoms with Gasteiger partial charge in [-0.1, -0.05) is 12.3 Å². The maximum absolute atomic E-state index is 11.8. The fourth-order valence-electron chi connectivity index (χ4n) is 2.96. The molecule has 2 rings (SSSR count). The van der Waals surface area contributed by atoms with Crippen LogP contribution in [0.5, 0.6) is 0 Å². The first-order chi connectivity index (χ1) is 7.54. The van der Waals surface area contributed by atoms with Crippen LogP contribution in [0.2, 0.25) is 0 Å². The molecule has 17 heavy (non-hydrogen) atoms. The predicted molar refractivity (Wildman–Crippen MR) is 56.5 cm³/mol. The van der Waals surface area contributed by atoms with Gasteiger partial charge in [0.1, 0.15) is 0 Å². The number of esters is 2. The van der Waals surface area contributed by atoms with Crippen LogP contribution < -0.4 is 0 Å². The normalized spacial score (nSPS) is 31.8. The van der Waals surface area contributed by atoms with Crippen LogP contribution in [-0.2, 0) is 39.5 Å². The molecule has 0 amide bonds. The Morgan fingerprint density at radius 1 is 1.24 bits per heavy atom. The first kappa shape index (κ1) is 14.4. The first-order valence-electron chi connectivity index (χ1n) is 5.26. The van der Waals surface area contributed by atoms with Crippen molar-refractivity contribution in [1.29, 1.82) is 0 Å². The summed E-state index contributed by atoms with van der Waals surface area (Å²) in [6.07, 6.45) is 4.85. The SMILES string of the molecule is C=[C-]C12CC1CC(C(=O)OC)(C(=O)OC)C2.[PdH+]. The van der Waals surface area contributed by atoms with Gasteiger partial charge in [0.15, 0.2) is 5.41 Å². The maximum atomic E-state index is 11.8. The van der Waals surface area contributed by atoms with Crippen molar-refractivity contribution in [2.24, 2.45) is 16.7 Å². The van der Waals surface area contributed by atoms with Gasteiger partial charge in [-0.25, -0.2) is 0 Å². The van der Waals surface area contributed by atoms with Crippen LogP contribution in [0.1, 0.15) is 19.3 Å². The molecule has 2 fully saturated rings. The molecule has 0 aromatic rings. The molecular formula is C12H16O4Pd. The van der Waals surface area contributed by atoms with E-state index >= 15 is 0 Å². The number of hydrogen-bond donors (Lipinski definition) is 0. The third-order valence-electron chi connectivity index (χ3n) is 3.95. The zero-order chi connectivity index (χ0) is 12.0. The van der Waals surface area contributed by atoms with E-state index in [9.17, 15) is 9.59 Å². The molecule has 2 aliphatic carbocycles. The van der Waals surface area contributed by atoms with Gasteiger partial charge in [-0.15, -0.1) is 0 Å². The molecular weight excluding hydrogens is 315 g/mol. The van der Waals surface area contributed by atoms with Gasteiger partial charge in [0.05, 0.1) is 14.2 Å². The van der Waals surface area contributed by atoms with Crippen molar-refractivity contribution in [2.75, 3.05) is 14.2 Å². The number of hydrogen-bond acceptors (Lipinski definition) is 4. The number of allylic oxidation sites excluding steroid dienone is 1. The summed E-state index contributed by atoms with van der Waals surface area (Å²) in [5, 5.41) is 0. The second-order valence-corrected chi connectivity index (χ2v) is 4.68. The molecule has 0 bridgehead atoms. The Morgan fingerprint density at radius 2 is 1.76 bits per heavy atom. The second-order valence-electron chi connectivity index (χ2n) is 4.68. The van der Waals surface area contributed by atoms with Crippen LogP contribution in [0.4, 0.5) is 0 Å². The number of carbonyl (C=O) groups is 2. The van der Waals surface area contributed by atoms with Crippen LogP contribution in [0.3, 0.4) is 0 Å². The van der Waals surface area contributed by atoms with Crippen LogP contribution in [0, 0.1) is 22.8 Å². The summed E-state index contributed by atoms with van der Waals surface area (Å²) in [7, 11) is 2.59. The van der Waals surface area contributed by atoms with E-state index < -0.39 is 17.4 Å². The molecule has 2 saturated carbocycles. The van der Waals surface area contributed by atoms with E-state index in [1.807, 2.05) is 0 Å². The minimum atomic E-state index is -1.13. The summed E-state index contributed by atoms with van der Waals surface area (Å²) in [6, 6.07) is 0. The fraction of sp³-hybridized carbons (Fsp3) is 0.667. The number of rotatable bonds is 3. The van der Waals surface area contributed by atoms with E-state index in [0.29, 0.717) is 18.8 Å². The Labute approximate surface area is 114 Å². The standard InChI is InChI=1S/C12H15O4.Pd.H/c1-4-11-5-8(11)6-12(7-11,9(13)15-2)10(14)16-3;;/h8H,1,5-7H2,2-3H3;;/q-1;+1;. The van der Waals surface area contributed by atoms with Gasteiger partial charge in [0.25, 0.3) is 0 Å². The molecule has 2 atom stereocenters. The Hall–Kier alpha value is -0.658. The van der Waals surface area contributed by atoms with Crippen molar-refractivity contribution in [3.8, 4) is 0 Å². The molecule has 0 aromatic heterocycles. The summed E-state index contributed by atoms with van der Waals surface area (Å²) < 4.78 is 9.46.